The van der Waals surface area contributed by atoms with Crippen LogP contribution in [0.25, 0.3) is 0 Å². The molecular formula is C18H18ClFN2O. The standard InChI is InChI=1S/C18H18ClFN2O/c19-15-5-1-3-12(9-15)17(13-4-2-6-16(20)10-13)22-18(23)14-7-8-21-11-14/h1-6,9-10,14,17,21H,7-8,11H2,(H,22,23). The number of hydrogen-bond acceptors (Lipinski definition) is 2. The average molecular weight is 333 g/mol. The van der Waals surface area contributed by atoms with E-state index in [1.807, 2.05) is 18.2 Å². The van der Waals surface area contributed by atoms with Gasteiger partial charge in [-0.15, -0.1) is 0 Å². The van der Waals surface area contributed by atoms with Gasteiger partial charge in [0.15, 0.2) is 0 Å². The molecule has 3 nitrogen and oxygen atoms in total. The summed E-state index contributed by atoms with van der Waals surface area (Å²) in [6.45, 7) is 1.52. The molecule has 120 valence electrons. The van der Waals surface area contributed by atoms with Crippen molar-refractivity contribution in [2.24, 2.45) is 5.92 Å². The van der Waals surface area contributed by atoms with E-state index < -0.39 is 6.04 Å². The molecule has 2 N–H and O–H groups in total. The summed E-state index contributed by atoms with van der Waals surface area (Å²) in [6, 6.07) is 13.1. The van der Waals surface area contributed by atoms with Crippen molar-refractivity contribution in [3.63, 3.8) is 0 Å². The monoisotopic (exact) mass is 332 g/mol. The summed E-state index contributed by atoms with van der Waals surface area (Å²) < 4.78 is 13.6. The fourth-order valence-corrected chi connectivity index (χ4v) is 3.07. The predicted molar refractivity (Wildman–Crippen MR) is 88.8 cm³/mol. The number of nitrogens with one attached hydrogen (secondary N) is 2. The van der Waals surface area contributed by atoms with E-state index >= 15 is 0 Å². The number of rotatable bonds is 4. The molecule has 2 aromatic rings. The van der Waals surface area contributed by atoms with Crippen molar-refractivity contribution in [3.05, 3.63) is 70.5 Å². The van der Waals surface area contributed by atoms with E-state index in [1.54, 1.807) is 18.2 Å². The van der Waals surface area contributed by atoms with Crippen molar-refractivity contribution < 1.29 is 9.18 Å². The quantitative estimate of drug-likeness (QED) is 0.902. The van der Waals surface area contributed by atoms with Crippen molar-refractivity contribution in [2.45, 2.75) is 12.5 Å². The summed E-state index contributed by atoms with van der Waals surface area (Å²) in [5, 5.41) is 6.81. The Hall–Kier alpha value is -1.91. The van der Waals surface area contributed by atoms with E-state index in [9.17, 15) is 9.18 Å². The number of carbonyl (C=O) groups is 1. The van der Waals surface area contributed by atoms with E-state index in [1.165, 1.54) is 12.1 Å². The minimum absolute atomic E-state index is 0.0239. The topological polar surface area (TPSA) is 41.1 Å². The van der Waals surface area contributed by atoms with Crippen LogP contribution in [0.2, 0.25) is 5.02 Å². The Morgan fingerprint density at radius 2 is 1.96 bits per heavy atom. The normalized spacial score (nSPS) is 18.6. The first kappa shape index (κ1) is 16.0. The van der Waals surface area contributed by atoms with Crippen LogP contribution < -0.4 is 10.6 Å². The van der Waals surface area contributed by atoms with Crippen LogP contribution >= 0.6 is 11.6 Å². The Labute approximate surface area is 139 Å². The van der Waals surface area contributed by atoms with E-state index in [0.717, 1.165) is 18.5 Å². The van der Waals surface area contributed by atoms with Gasteiger partial charge in [0.05, 0.1) is 12.0 Å². The minimum Gasteiger partial charge on any atom is -0.345 e. The van der Waals surface area contributed by atoms with Gasteiger partial charge in [-0.05, 0) is 48.4 Å². The molecule has 1 amide bonds. The van der Waals surface area contributed by atoms with Crippen molar-refractivity contribution >= 4 is 17.5 Å². The Balaban J connectivity index is 1.91. The maximum Gasteiger partial charge on any atom is 0.225 e. The molecule has 23 heavy (non-hydrogen) atoms. The third-order valence-electron chi connectivity index (χ3n) is 4.08. The predicted octanol–water partition coefficient (Wildman–Crippen LogP) is 3.29. The smallest absolute Gasteiger partial charge is 0.225 e. The van der Waals surface area contributed by atoms with Gasteiger partial charge in [-0.3, -0.25) is 4.79 Å². The zero-order chi connectivity index (χ0) is 16.2. The summed E-state index contributed by atoms with van der Waals surface area (Å²) in [4.78, 5) is 12.5. The highest BCUT2D eigenvalue weighted by Gasteiger charge is 2.26. The van der Waals surface area contributed by atoms with Crippen molar-refractivity contribution in [3.8, 4) is 0 Å². The molecule has 0 radical (unpaired) electrons. The van der Waals surface area contributed by atoms with Gasteiger partial charge in [0.2, 0.25) is 5.91 Å². The van der Waals surface area contributed by atoms with E-state index in [0.29, 0.717) is 17.1 Å². The molecule has 0 aromatic heterocycles. The number of benzene rings is 2. The summed E-state index contributed by atoms with van der Waals surface area (Å²) in [5.41, 5.74) is 1.54. The summed E-state index contributed by atoms with van der Waals surface area (Å²) in [6.07, 6.45) is 0.817. The SMILES string of the molecule is O=C(NC(c1cccc(F)c1)c1cccc(Cl)c1)C1CCNC1. The fourth-order valence-electron chi connectivity index (χ4n) is 2.87. The van der Waals surface area contributed by atoms with Crippen LogP contribution in [0.15, 0.2) is 48.5 Å². The van der Waals surface area contributed by atoms with Gasteiger partial charge in [0.25, 0.3) is 0 Å². The fraction of sp³-hybridized carbons (Fsp3) is 0.278. The molecule has 1 heterocycles. The summed E-state index contributed by atoms with van der Waals surface area (Å²) >= 11 is 6.07. The lowest BCUT2D eigenvalue weighted by atomic mass is 9.97. The highest BCUT2D eigenvalue weighted by atomic mass is 35.5. The van der Waals surface area contributed by atoms with Gasteiger partial charge in [-0.2, -0.15) is 0 Å². The van der Waals surface area contributed by atoms with Crippen LogP contribution in [0.4, 0.5) is 4.39 Å². The molecule has 0 saturated carbocycles. The maximum atomic E-state index is 13.6. The molecule has 2 unspecified atom stereocenters. The van der Waals surface area contributed by atoms with Gasteiger partial charge >= 0.3 is 0 Å². The lowest BCUT2D eigenvalue weighted by Crippen LogP contribution is -2.35. The van der Waals surface area contributed by atoms with Crippen LogP contribution in [0, 0.1) is 11.7 Å². The van der Waals surface area contributed by atoms with Crippen LogP contribution in [0.3, 0.4) is 0 Å². The van der Waals surface area contributed by atoms with E-state index in [2.05, 4.69) is 10.6 Å². The molecular weight excluding hydrogens is 315 g/mol. The minimum atomic E-state index is -0.419. The zero-order valence-electron chi connectivity index (χ0n) is 12.6. The first-order valence-corrected chi connectivity index (χ1v) is 8.03. The molecule has 1 aliphatic heterocycles. The Morgan fingerprint density at radius 1 is 1.22 bits per heavy atom. The van der Waals surface area contributed by atoms with Crippen LogP contribution in [-0.2, 0) is 4.79 Å². The summed E-state index contributed by atoms with van der Waals surface area (Å²) in [7, 11) is 0. The van der Waals surface area contributed by atoms with E-state index in [-0.39, 0.29) is 17.6 Å². The largest absolute Gasteiger partial charge is 0.345 e. The van der Waals surface area contributed by atoms with Gasteiger partial charge in [0.1, 0.15) is 5.82 Å². The Morgan fingerprint density at radius 3 is 2.61 bits per heavy atom. The molecule has 0 aliphatic carbocycles. The van der Waals surface area contributed by atoms with Gasteiger partial charge in [-0.1, -0.05) is 35.9 Å². The third kappa shape index (κ3) is 3.89. The second kappa shape index (κ2) is 7.11. The second-order valence-electron chi connectivity index (χ2n) is 5.74. The molecule has 1 fully saturated rings. The first-order valence-electron chi connectivity index (χ1n) is 7.65. The molecule has 2 atom stereocenters. The van der Waals surface area contributed by atoms with Gasteiger partial charge in [-0.25, -0.2) is 4.39 Å². The number of carbonyl (C=O) groups excluding carboxylic acids is 1. The Bertz CT molecular complexity index is 655. The molecule has 0 bridgehead atoms. The number of halogens is 2. The molecule has 1 aliphatic rings. The molecule has 1 saturated heterocycles. The van der Waals surface area contributed by atoms with E-state index in [4.69, 9.17) is 11.6 Å². The highest BCUT2D eigenvalue weighted by Crippen LogP contribution is 2.26. The number of hydrogen-bond donors (Lipinski definition) is 2. The van der Waals surface area contributed by atoms with Crippen LogP contribution in [-0.4, -0.2) is 19.0 Å². The maximum absolute atomic E-state index is 13.6. The number of amides is 1. The van der Waals surface area contributed by atoms with Gasteiger partial charge < -0.3 is 10.6 Å². The second-order valence-corrected chi connectivity index (χ2v) is 6.18. The molecule has 3 rings (SSSR count). The molecule has 0 spiro atoms. The van der Waals surface area contributed by atoms with Crippen LogP contribution in [0.1, 0.15) is 23.6 Å². The third-order valence-corrected chi connectivity index (χ3v) is 4.32. The van der Waals surface area contributed by atoms with Gasteiger partial charge in [0, 0.05) is 11.6 Å². The first-order chi connectivity index (χ1) is 11.1. The van der Waals surface area contributed by atoms with Crippen molar-refractivity contribution in [2.75, 3.05) is 13.1 Å². The lowest BCUT2D eigenvalue weighted by Gasteiger charge is -2.22. The van der Waals surface area contributed by atoms with Crippen LogP contribution in [0.5, 0.6) is 0 Å². The Kier molecular flexibility index (Phi) is 4.94. The molecule has 5 heteroatoms. The van der Waals surface area contributed by atoms with Crippen molar-refractivity contribution in [1.82, 2.24) is 10.6 Å². The highest BCUT2D eigenvalue weighted by molar-refractivity contribution is 6.30. The average Bonchev–Trinajstić information content (AvgIpc) is 3.07. The lowest BCUT2D eigenvalue weighted by molar-refractivity contribution is -0.124. The zero-order valence-corrected chi connectivity index (χ0v) is 13.3. The summed E-state index contributed by atoms with van der Waals surface area (Å²) in [5.74, 6) is -0.402. The molecule has 2 aromatic carbocycles. The van der Waals surface area contributed by atoms with Crippen molar-refractivity contribution in [1.29, 1.82) is 0 Å².